The fourth-order valence-corrected chi connectivity index (χ4v) is 0.933. The molecule has 0 heterocycles. The summed E-state index contributed by atoms with van der Waals surface area (Å²) < 4.78 is 12.9. The maximum absolute atomic E-state index is 12.9. The second-order valence-corrected chi connectivity index (χ2v) is 2.39. The van der Waals surface area contributed by atoms with E-state index >= 15 is 0 Å². The summed E-state index contributed by atoms with van der Waals surface area (Å²) in [5.74, 6) is -0.433. The summed E-state index contributed by atoms with van der Waals surface area (Å²) in [6.07, 6.45) is 0.921. The number of benzene rings is 1. The van der Waals surface area contributed by atoms with Crippen LogP contribution in [0.1, 0.15) is 11.1 Å². The average molecular weight is 152 g/mol. The molecule has 0 atom stereocenters. The van der Waals surface area contributed by atoms with Gasteiger partial charge in [-0.05, 0) is 24.6 Å². The Bertz CT molecular complexity index is 271. The Labute approximate surface area is 64.4 Å². The van der Waals surface area contributed by atoms with E-state index in [1.165, 1.54) is 6.07 Å². The van der Waals surface area contributed by atoms with E-state index in [-0.39, 0.29) is 5.56 Å². The first-order valence-corrected chi connectivity index (χ1v) is 3.21. The lowest BCUT2D eigenvalue weighted by atomic mass is 10.1. The van der Waals surface area contributed by atoms with Crippen LogP contribution in [-0.2, 0) is 0 Å². The third kappa shape index (κ3) is 1.37. The number of nitrogen functional groups attached to an aromatic ring is 1. The van der Waals surface area contributed by atoms with Gasteiger partial charge in [0.1, 0.15) is 5.82 Å². The summed E-state index contributed by atoms with van der Waals surface area (Å²) in [6.45, 7) is 1.76. The standard InChI is InChI=1S/C8H9FN2/c1-5-2-7(9)6(4-10)8(11)3-5/h2-4,10H,11H2,1H3. The third-order valence-electron chi connectivity index (χ3n) is 1.45. The van der Waals surface area contributed by atoms with Crippen molar-refractivity contribution < 1.29 is 4.39 Å². The largest absolute Gasteiger partial charge is 0.398 e. The van der Waals surface area contributed by atoms with Gasteiger partial charge in [-0.1, -0.05) is 0 Å². The molecule has 0 aliphatic heterocycles. The molecule has 0 bridgehead atoms. The molecule has 3 heteroatoms. The molecule has 0 spiro atoms. The van der Waals surface area contributed by atoms with Crippen LogP contribution in [0.4, 0.5) is 10.1 Å². The van der Waals surface area contributed by atoms with E-state index in [1.807, 2.05) is 0 Å². The highest BCUT2D eigenvalue weighted by Gasteiger charge is 2.03. The van der Waals surface area contributed by atoms with Crippen LogP contribution >= 0.6 is 0 Å². The second kappa shape index (κ2) is 2.70. The van der Waals surface area contributed by atoms with E-state index in [9.17, 15) is 4.39 Å². The Morgan fingerprint density at radius 3 is 2.64 bits per heavy atom. The van der Waals surface area contributed by atoms with Crippen molar-refractivity contribution in [2.45, 2.75) is 6.92 Å². The van der Waals surface area contributed by atoms with Gasteiger partial charge in [0, 0.05) is 11.9 Å². The van der Waals surface area contributed by atoms with Crippen molar-refractivity contribution in [2.24, 2.45) is 0 Å². The molecule has 11 heavy (non-hydrogen) atoms. The van der Waals surface area contributed by atoms with Crippen LogP contribution in [0.15, 0.2) is 12.1 Å². The van der Waals surface area contributed by atoms with E-state index in [2.05, 4.69) is 0 Å². The predicted octanol–water partition coefficient (Wildman–Crippen LogP) is 1.71. The van der Waals surface area contributed by atoms with Gasteiger partial charge in [0.15, 0.2) is 0 Å². The second-order valence-electron chi connectivity index (χ2n) is 2.39. The zero-order chi connectivity index (χ0) is 8.43. The minimum Gasteiger partial charge on any atom is -0.398 e. The molecule has 0 radical (unpaired) electrons. The van der Waals surface area contributed by atoms with Crippen LogP contribution in [0.3, 0.4) is 0 Å². The smallest absolute Gasteiger partial charge is 0.134 e. The third-order valence-corrected chi connectivity index (χ3v) is 1.45. The van der Waals surface area contributed by atoms with Crippen molar-refractivity contribution >= 4 is 11.9 Å². The molecule has 0 fully saturated rings. The molecule has 0 saturated carbocycles. The fourth-order valence-electron chi connectivity index (χ4n) is 0.933. The number of hydrogen-bond acceptors (Lipinski definition) is 2. The van der Waals surface area contributed by atoms with Crippen molar-refractivity contribution in [1.29, 1.82) is 5.41 Å². The van der Waals surface area contributed by atoms with Gasteiger partial charge in [0.2, 0.25) is 0 Å². The van der Waals surface area contributed by atoms with Crippen molar-refractivity contribution in [3.8, 4) is 0 Å². The van der Waals surface area contributed by atoms with Gasteiger partial charge >= 0.3 is 0 Å². The first kappa shape index (κ1) is 7.72. The van der Waals surface area contributed by atoms with E-state index < -0.39 is 5.82 Å². The lowest BCUT2D eigenvalue weighted by molar-refractivity contribution is 0.625. The van der Waals surface area contributed by atoms with Crippen LogP contribution in [0, 0.1) is 18.2 Å². The maximum atomic E-state index is 12.9. The highest BCUT2D eigenvalue weighted by atomic mass is 19.1. The molecule has 0 aliphatic carbocycles. The van der Waals surface area contributed by atoms with Crippen molar-refractivity contribution in [2.75, 3.05) is 5.73 Å². The molecule has 0 amide bonds. The number of rotatable bonds is 1. The highest BCUT2D eigenvalue weighted by Crippen LogP contribution is 2.15. The molecule has 0 aromatic heterocycles. The van der Waals surface area contributed by atoms with Gasteiger partial charge in [0.25, 0.3) is 0 Å². The maximum Gasteiger partial charge on any atom is 0.134 e. The van der Waals surface area contributed by atoms with E-state index in [1.54, 1.807) is 13.0 Å². The summed E-state index contributed by atoms with van der Waals surface area (Å²) in [4.78, 5) is 0. The molecule has 1 aromatic carbocycles. The highest BCUT2D eigenvalue weighted by molar-refractivity contribution is 5.85. The Morgan fingerprint density at radius 2 is 2.18 bits per heavy atom. The Hall–Kier alpha value is -1.38. The topological polar surface area (TPSA) is 49.9 Å². The van der Waals surface area contributed by atoms with Crippen LogP contribution in [-0.4, -0.2) is 6.21 Å². The first-order chi connectivity index (χ1) is 5.15. The van der Waals surface area contributed by atoms with Crippen LogP contribution in [0.2, 0.25) is 0 Å². The molecular weight excluding hydrogens is 143 g/mol. The number of hydrogen-bond donors (Lipinski definition) is 2. The van der Waals surface area contributed by atoms with Crippen molar-refractivity contribution in [3.63, 3.8) is 0 Å². The molecule has 58 valence electrons. The first-order valence-electron chi connectivity index (χ1n) is 3.21. The summed E-state index contributed by atoms with van der Waals surface area (Å²) >= 11 is 0. The molecule has 1 rings (SSSR count). The van der Waals surface area contributed by atoms with E-state index in [0.717, 1.165) is 11.8 Å². The van der Waals surface area contributed by atoms with Crippen LogP contribution in [0.25, 0.3) is 0 Å². The predicted molar refractivity (Wildman–Crippen MR) is 43.4 cm³/mol. The number of nitrogens with one attached hydrogen (secondary N) is 1. The minimum absolute atomic E-state index is 0.163. The number of nitrogens with two attached hydrogens (primary N) is 1. The van der Waals surface area contributed by atoms with E-state index in [4.69, 9.17) is 11.1 Å². The number of aryl methyl sites for hydroxylation is 1. The van der Waals surface area contributed by atoms with Gasteiger partial charge in [-0.3, -0.25) is 0 Å². The van der Waals surface area contributed by atoms with Crippen LogP contribution < -0.4 is 5.73 Å². The zero-order valence-electron chi connectivity index (χ0n) is 6.19. The lowest BCUT2D eigenvalue weighted by Gasteiger charge is -2.01. The van der Waals surface area contributed by atoms with Gasteiger partial charge in [-0.2, -0.15) is 0 Å². The van der Waals surface area contributed by atoms with Crippen molar-refractivity contribution in [1.82, 2.24) is 0 Å². The van der Waals surface area contributed by atoms with Gasteiger partial charge in [-0.25, -0.2) is 4.39 Å². The van der Waals surface area contributed by atoms with Gasteiger partial charge in [-0.15, -0.1) is 0 Å². The fraction of sp³-hybridized carbons (Fsp3) is 0.125. The molecule has 1 aromatic rings. The summed E-state index contributed by atoms with van der Waals surface area (Å²) in [6, 6.07) is 3.00. The molecule has 0 unspecified atom stereocenters. The Kier molecular flexibility index (Phi) is 1.89. The molecule has 0 aliphatic rings. The quantitative estimate of drug-likeness (QED) is 0.467. The Balaban J connectivity index is 3.36. The summed E-state index contributed by atoms with van der Waals surface area (Å²) in [5.41, 5.74) is 6.69. The van der Waals surface area contributed by atoms with Crippen LogP contribution in [0.5, 0.6) is 0 Å². The van der Waals surface area contributed by atoms with Gasteiger partial charge in [0.05, 0.1) is 5.56 Å². The normalized spacial score (nSPS) is 9.64. The molecule has 2 nitrogen and oxygen atoms in total. The van der Waals surface area contributed by atoms with Gasteiger partial charge < -0.3 is 11.1 Å². The molecule has 0 saturated heterocycles. The SMILES string of the molecule is Cc1cc(N)c(C=N)c(F)c1. The van der Waals surface area contributed by atoms with Crippen molar-refractivity contribution in [3.05, 3.63) is 29.1 Å². The number of anilines is 1. The Morgan fingerprint density at radius 1 is 1.55 bits per heavy atom. The molecule has 3 N–H and O–H groups in total. The summed E-state index contributed by atoms with van der Waals surface area (Å²) in [7, 11) is 0. The average Bonchev–Trinajstić information content (AvgIpc) is 1.85. The molecular formula is C8H9FN2. The minimum atomic E-state index is -0.433. The summed E-state index contributed by atoms with van der Waals surface area (Å²) in [5, 5.41) is 6.85. The van der Waals surface area contributed by atoms with E-state index in [0.29, 0.717) is 5.69 Å². The lowest BCUT2D eigenvalue weighted by Crippen LogP contribution is -1.97. The monoisotopic (exact) mass is 152 g/mol. The zero-order valence-corrected chi connectivity index (χ0v) is 6.19. The number of halogens is 1.